The molecule has 3 nitrogen and oxygen atoms in total. The predicted molar refractivity (Wildman–Crippen MR) is 72.8 cm³/mol. The number of nitrogens with zero attached hydrogens (tertiary/aromatic N) is 1. The molecule has 0 aliphatic carbocycles. The van der Waals surface area contributed by atoms with Crippen molar-refractivity contribution in [3.63, 3.8) is 0 Å². The van der Waals surface area contributed by atoms with Crippen molar-refractivity contribution < 1.29 is 4.39 Å². The molecule has 96 valence electrons. The first-order chi connectivity index (χ1) is 8.70. The number of likely N-dealkylation sites (N-methyl/N-ethyl adjacent to an activating group) is 1. The molecule has 1 unspecified atom stereocenters. The summed E-state index contributed by atoms with van der Waals surface area (Å²) in [6, 6.07) is 5.20. The van der Waals surface area contributed by atoms with Crippen LogP contribution in [0.4, 0.5) is 4.39 Å². The maximum Gasteiger partial charge on any atom is 0.137 e. The molecule has 2 rings (SSSR count). The Labute approximate surface area is 114 Å². The van der Waals surface area contributed by atoms with Gasteiger partial charge in [0, 0.05) is 12.4 Å². The van der Waals surface area contributed by atoms with E-state index in [1.807, 2.05) is 6.07 Å². The molecule has 0 amide bonds. The topological polar surface area (TPSA) is 40.7 Å². The second kappa shape index (κ2) is 6.11. The van der Waals surface area contributed by atoms with Crippen LogP contribution in [0.15, 0.2) is 35.1 Å². The summed E-state index contributed by atoms with van der Waals surface area (Å²) in [5, 5.41) is 3.36. The summed E-state index contributed by atoms with van der Waals surface area (Å²) in [5.74, 6) is 0.661. The highest BCUT2D eigenvalue weighted by molar-refractivity contribution is 9.10. The van der Waals surface area contributed by atoms with Gasteiger partial charge in [0.25, 0.3) is 0 Å². The van der Waals surface area contributed by atoms with E-state index in [1.54, 1.807) is 18.5 Å². The van der Waals surface area contributed by atoms with Gasteiger partial charge in [-0.25, -0.2) is 9.37 Å². The molecule has 1 atom stereocenters. The van der Waals surface area contributed by atoms with Gasteiger partial charge in [-0.3, -0.25) is 0 Å². The van der Waals surface area contributed by atoms with Crippen LogP contribution in [0.25, 0.3) is 0 Å². The first-order valence-electron chi connectivity index (χ1n) is 5.87. The van der Waals surface area contributed by atoms with Crippen LogP contribution in [0.3, 0.4) is 0 Å². The summed E-state index contributed by atoms with van der Waals surface area (Å²) >= 11 is 3.20. The van der Waals surface area contributed by atoms with Crippen LogP contribution in [0.5, 0.6) is 0 Å². The van der Waals surface area contributed by atoms with E-state index in [0.29, 0.717) is 4.47 Å². The van der Waals surface area contributed by atoms with Gasteiger partial charge < -0.3 is 10.3 Å². The predicted octanol–water partition coefficient (Wildman–Crippen LogP) is 3.20. The number of aromatic nitrogens is 2. The van der Waals surface area contributed by atoms with Crippen LogP contribution in [-0.4, -0.2) is 16.5 Å². The molecule has 0 saturated carbocycles. The maximum absolute atomic E-state index is 13.2. The summed E-state index contributed by atoms with van der Waals surface area (Å²) in [6.45, 7) is 2.91. The zero-order chi connectivity index (χ0) is 13.0. The number of aromatic amines is 1. The van der Waals surface area contributed by atoms with E-state index in [4.69, 9.17) is 0 Å². The van der Waals surface area contributed by atoms with Gasteiger partial charge in [-0.15, -0.1) is 0 Å². The van der Waals surface area contributed by atoms with Crippen molar-refractivity contribution in [1.82, 2.24) is 15.3 Å². The zero-order valence-corrected chi connectivity index (χ0v) is 11.7. The first kappa shape index (κ1) is 13.2. The lowest BCUT2D eigenvalue weighted by Crippen LogP contribution is -2.24. The van der Waals surface area contributed by atoms with Crippen molar-refractivity contribution in [2.75, 3.05) is 6.54 Å². The van der Waals surface area contributed by atoms with E-state index in [2.05, 4.69) is 38.1 Å². The largest absolute Gasteiger partial charge is 0.347 e. The molecule has 0 bridgehead atoms. The molecular weight excluding hydrogens is 297 g/mol. The molecule has 2 aromatic rings. The number of halogens is 2. The van der Waals surface area contributed by atoms with Gasteiger partial charge in [0.1, 0.15) is 11.6 Å². The molecule has 0 spiro atoms. The van der Waals surface area contributed by atoms with Gasteiger partial charge in [0.05, 0.1) is 10.5 Å². The molecule has 0 fully saturated rings. The zero-order valence-electron chi connectivity index (χ0n) is 10.1. The molecule has 0 radical (unpaired) electrons. The second-order valence-corrected chi connectivity index (χ2v) is 4.89. The van der Waals surface area contributed by atoms with Crippen molar-refractivity contribution in [2.24, 2.45) is 0 Å². The molecule has 1 aromatic carbocycles. The van der Waals surface area contributed by atoms with E-state index in [-0.39, 0.29) is 11.9 Å². The highest BCUT2D eigenvalue weighted by Crippen LogP contribution is 2.21. The van der Waals surface area contributed by atoms with E-state index in [1.165, 1.54) is 6.07 Å². The van der Waals surface area contributed by atoms with Gasteiger partial charge in [0.2, 0.25) is 0 Å². The van der Waals surface area contributed by atoms with E-state index >= 15 is 0 Å². The molecule has 2 N–H and O–H groups in total. The number of hydrogen-bond acceptors (Lipinski definition) is 2. The lowest BCUT2D eigenvalue weighted by molar-refractivity contribution is 0.525. The van der Waals surface area contributed by atoms with Crippen molar-refractivity contribution in [3.05, 3.63) is 52.3 Å². The van der Waals surface area contributed by atoms with E-state index in [0.717, 1.165) is 24.4 Å². The Morgan fingerprint density at radius 2 is 2.33 bits per heavy atom. The molecule has 1 heterocycles. The fourth-order valence-corrected chi connectivity index (χ4v) is 2.31. The van der Waals surface area contributed by atoms with Crippen molar-refractivity contribution in [3.8, 4) is 0 Å². The molecule has 18 heavy (non-hydrogen) atoms. The van der Waals surface area contributed by atoms with Crippen molar-refractivity contribution >= 4 is 15.9 Å². The lowest BCUT2D eigenvalue weighted by Gasteiger charge is -2.15. The molecule has 1 aromatic heterocycles. The summed E-state index contributed by atoms with van der Waals surface area (Å²) in [7, 11) is 0. The third-order valence-corrected chi connectivity index (χ3v) is 3.33. The minimum absolute atomic E-state index is 0.113. The minimum atomic E-state index is -0.239. The maximum atomic E-state index is 13.2. The third-order valence-electron chi connectivity index (χ3n) is 2.72. The van der Waals surface area contributed by atoms with Crippen LogP contribution in [-0.2, 0) is 6.42 Å². The minimum Gasteiger partial charge on any atom is -0.347 e. The normalized spacial score (nSPS) is 12.6. The molecule has 0 aliphatic rings. The number of rotatable bonds is 5. The van der Waals surface area contributed by atoms with E-state index < -0.39 is 0 Å². The summed E-state index contributed by atoms with van der Waals surface area (Å²) < 4.78 is 13.7. The molecule has 0 saturated heterocycles. The number of benzene rings is 1. The van der Waals surface area contributed by atoms with Crippen LogP contribution >= 0.6 is 15.9 Å². The number of imidazole rings is 1. The standard InChI is InChI=1S/C13H15BrFN3/c1-2-16-12(13-17-5-6-18-13)8-9-3-4-11(15)10(14)7-9/h3-7,12,16H,2,8H2,1H3,(H,17,18). The summed E-state index contributed by atoms with van der Waals surface area (Å²) in [4.78, 5) is 7.38. The SMILES string of the molecule is CCNC(Cc1ccc(F)c(Br)c1)c1ncc[nH]1. The van der Waals surface area contributed by atoms with Crippen LogP contribution in [0.2, 0.25) is 0 Å². The van der Waals surface area contributed by atoms with Crippen LogP contribution < -0.4 is 5.32 Å². The van der Waals surface area contributed by atoms with Crippen molar-refractivity contribution in [1.29, 1.82) is 0 Å². The highest BCUT2D eigenvalue weighted by Gasteiger charge is 2.14. The van der Waals surface area contributed by atoms with Gasteiger partial charge >= 0.3 is 0 Å². The van der Waals surface area contributed by atoms with E-state index in [9.17, 15) is 4.39 Å². The average molecular weight is 312 g/mol. The average Bonchev–Trinajstić information content (AvgIpc) is 2.87. The lowest BCUT2D eigenvalue weighted by atomic mass is 10.1. The van der Waals surface area contributed by atoms with Crippen LogP contribution in [0, 0.1) is 5.82 Å². The Morgan fingerprint density at radius 1 is 1.50 bits per heavy atom. The Hall–Kier alpha value is -1.20. The fraction of sp³-hybridized carbons (Fsp3) is 0.308. The summed E-state index contributed by atoms with van der Waals surface area (Å²) in [6.07, 6.45) is 4.31. The molecule has 0 aliphatic heterocycles. The highest BCUT2D eigenvalue weighted by atomic mass is 79.9. The fourth-order valence-electron chi connectivity index (χ4n) is 1.88. The summed E-state index contributed by atoms with van der Waals surface area (Å²) in [5.41, 5.74) is 1.06. The van der Waals surface area contributed by atoms with Crippen LogP contribution in [0.1, 0.15) is 24.4 Å². The number of hydrogen-bond donors (Lipinski definition) is 2. The quantitative estimate of drug-likeness (QED) is 0.890. The van der Waals surface area contributed by atoms with Gasteiger partial charge in [-0.05, 0) is 46.6 Å². The first-order valence-corrected chi connectivity index (χ1v) is 6.66. The second-order valence-electron chi connectivity index (χ2n) is 4.04. The monoisotopic (exact) mass is 311 g/mol. The Kier molecular flexibility index (Phi) is 4.49. The molecule has 5 heteroatoms. The van der Waals surface area contributed by atoms with Gasteiger partial charge in [-0.1, -0.05) is 13.0 Å². The third kappa shape index (κ3) is 3.17. The Morgan fingerprint density at radius 3 is 2.94 bits per heavy atom. The smallest absolute Gasteiger partial charge is 0.137 e. The Balaban J connectivity index is 2.16. The van der Waals surface area contributed by atoms with Gasteiger partial charge in [-0.2, -0.15) is 0 Å². The number of H-pyrrole nitrogens is 1. The Bertz CT molecular complexity index is 499. The molecular formula is C13H15BrFN3. The van der Waals surface area contributed by atoms with Crippen molar-refractivity contribution in [2.45, 2.75) is 19.4 Å². The van der Waals surface area contributed by atoms with Gasteiger partial charge in [0.15, 0.2) is 0 Å². The number of nitrogens with one attached hydrogen (secondary N) is 2.